The molecule has 0 bridgehead atoms. The van der Waals surface area contributed by atoms with E-state index < -0.39 is 5.41 Å². The predicted molar refractivity (Wildman–Crippen MR) is 103 cm³/mol. The van der Waals surface area contributed by atoms with Gasteiger partial charge >= 0.3 is 5.97 Å². The molecule has 144 valence electrons. The summed E-state index contributed by atoms with van der Waals surface area (Å²) >= 11 is 1.43. The van der Waals surface area contributed by atoms with Crippen LogP contribution in [-0.2, 0) is 16.0 Å². The van der Waals surface area contributed by atoms with Crippen molar-refractivity contribution in [1.82, 2.24) is 4.90 Å². The minimum atomic E-state index is -0.799. The molecule has 1 saturated heterocycles. The summed E-state index contributed by atoms with van der Waals surface area (Å²) < 4.78 is 18.6. The van der Waals surface area contributed by atoms with Crippen molar-refractivity contribution >= 4 is 23.2 Å². The van der Waals surface area contributed by atoms with Gasteiger partial charge in [0.1, 0.15) is 5.82 Å². The lowest BCUT2D eigenvalue weighted by Gasteiger charge is -2.41. The summed E-state index contributed by atoms with van der Waals surface area (Å²) in [6.45, 7) is 4.94. The normalized spacial score (nSPS) is 19.7. The lowest BCUT2D eigenvalue weighted by Crippen LogP contribution is -2.51. The van der Waals surface area contributed by atoms with E-state index in [1.807, 2.05) is 18.4 Å². The highest BCUT2D eigenvalue weighted by Crippen LogP contribution is 2.36. The number of hydrogen-bond acceptors (Lipinski definition) is 4. The number of thiophene rings is 1. The molecule has 3 rings (SSSR count). The van der Waals surface area contributed by atoms with Crippen LogP contribution < -0.4 is 0 Å². The molecule has 1 aliphatic rings. The minimum absolute atomic E-state index is 0.0324. The van der Waals surface area contributed by atoms with Crippen LogP contribution in [0.2, 0.25) is 0 Å². The summed E-state index contributed by atoms with van der Waals surface area (Å²) in [5.41, 5.74) is 1.02. The third kappa shape index (κ3) is 4.21. The summed E-state index contributed by atoms with van der Waals surface area (Å²) in [6, 6.07) is 8.11. The molecule has 1 amide bonds. The zero-order chi connectivity index (χ0) is 19.4. The van der Waals surface area contributed by atoms with Crippen molar-refractivity contribution in [2.24, 2.45) is 5.41 Å². The summed E-state index contributed by atoms with van der Waals surface area (Å²) in [5, 5.41) is 1.91. The Balaban J connectivity index is 1.87. The van der Waals surface area contributed by atoms with Crippen molar-refractivity contribution in [2.75, 3.05) is 19.7 Å². The van der Waals surface area contributed by atoms with Crippen molar-refractivity contribution in [3.8, 4) is 0 Å². The Morgan fingerprint density at radius 3 is 2.63 bits per heavy atom. The molecule has 2 heterocycles. The van der Waals surface area contributed by atoms with Crippen LogP contribution in [0.3, 0.4) is 0 Å². The number of carbonyl (C=O) groups excluding carboxylic acids is 2. The average molecular weight is 389 g/mol. The van der Waals surface area contributed by atoms with E-state index in [0.717, 1.165) is 22.4 Å². The molecule has 0 spiro atoms. The van der Waals surface area contributed by atoms with Gasteiger partial charge in [-0.05, 0) is 67.8 Å². The number of aryl methyl sites for hydroxylation is 1. The van der Waals surface area contributed by atoms with Crippen LogP contribution in [0.4, 0.5) is 4.39 Å². The highest BCUT2D eigenvalue weighted by atomic mass is 32.1. The maximum absolute atomic E-state index is 13.3. The molecule has 27 heavy (non-hydrogen) atoms. The molecule has 1 aliphatic heterocycles. The highest BCUT2D eigenvalue weighted by molar-refractivity contribution is 7.12. The minimum Gasteiger partial charge on any atom is -0.466 e. The first-order valence-electron chi connectivity index (χ1n) is 9.20. The first kappa shape index (κ1) is 19.5. The SMILES string of the molecule is CCOC(=O)[C@]1(Cc2ccc(F)cc2)CCCN(C(=O)c2sccc2C)C1. The van der Waals surface area contributed by atoms with Gasteiger partial charge in [0.05, 0.1) is 16.9 Å². The summed E-state index contributed by atoms with van der Waals surface area (Å²) in [4.78, 5) is 28.3. The van der Waals surface area contributed by atoms with E-state index in [0.29, 0.717) is 32.5 Å². The first-order chi connectivity index (χ1) is 12.9. The molecule has 1 aromatic carbocycles. The molecule has 4 nitrogen and oxygen atoms in total. The number of hydrogen-bond donors (Lipinski definition) is 0. The van der Waals surface area contributed by atoms with E-state index in [9.17, 15) is 14.0 Å². The summed E-state index contributed by atoms with van der Waals surface area (Å²) in [6.07, 6.45) is 1.81. The van der Waals surface area contributed by atoms with Crippen LogP contribution in [0.5, 0.6) is 0 Å². The van der Waals surface area contributed by atoms with Crippen LogP contribution in [0, 0.1) is 18.2 Å². The van der Waals surface area contributed by atoms with Crippen LogP contribution in [-0.4, -0.2) is 36.5 Å². The van der Waals surface area contributed by atoms with Gasteiger partial charge in [0.15, 0.2) is 0 Å². The summed E-state index contributed by atoms with van der Waals surface area (Å²) in [5.74, 6) is -0.623. The predicted octanol–water partition coefficient (Wildman–Crippen LogP) is 4.22. The topological polar surface area (TPSA) is 46.6 Å². The van der Waals surface area contributed by atoms with Gasteiger partial charge in [-0.25, -0.2) is 4.39 Å². The number of halogens is 1. The van der Waals surface area contributed by atoms with Crippen molar-refractivity contribution in [2.45, 2.75) is 33.1 Å². The van der Waals surface area contributed by atoms with E-state index in [1.165, 1.54) is 23.5 Å². The summed E-state index contributed by atoms with van der Waals surface area (Å²) in [7, 11) is 0. The standard InChI is InChI=1S/C21H24FNO3S/c1-3-26-20(25)21(13-16-5-7-17(22)8-6-16)10-4-11-23(14-21)19(24)18-15(2)9-12-27-18/h5-9,12H,3-4,10-11,13-14H2,1-2H3/t21-/m0/s1. The second kappa shape index (κ2) is 8.21. The second-order valence-corrected chi connectivity index (χ2v) is 7.98. The molecule has 1 aromatic heterocycles. The van der Waals surface area contributed by atoms with Crippen LogP contribution in [0.25, 0.3) is 0 Å². The molecule has 0 radical (unpaired) electrons. The Morgan fingerprint density at radius 2 is 2.00 bits per heavy atom. The largest absolute Gasteiger partial charge is 0.466 e. The number of likely N-dealkylation sites (tertiary alicyclic amines) is 1. The number of piperidine rings is 1. The van der Waals surface area contributed by atoms with Gasteiger partial charge in [-0.15, -0.1) is 11.3 Å². The Hall–Kier alpha value is -2.21. The molecule has 6 heteroatoms. The number of nitrogens with zero attached hydrogens (tertiary/aromatic N) is 1. The number of esters is 1. The zero-order valence-electron chi connectivity index (χ0n) is 15.7. The third-order valence-corrected chi connectivity index (χ3v) is 6.09. The maximum Gasteiger partial charge on any atom is 0.314 e. The third-order valence-electron chi connectivity index (χ3n) is 5.08. The smallest absolute Gasteiger partial charge is 0.314 e. The van der Waals surface area contributed by atoms with Crippen molar-refractivity contribution in [3.63, 3.8) is 0 Å². The molecule has 0 saturated carbocycles. The highest BCUT2D eigenvalue weighted by Gasteiger charge is 2.45. The first-order valence-corrected chi connectivity index (χ1v) is 10.1. The molecule has 0 aliphatic carbocycles. The lowest BCUT2D eigenvalue weighted by atomic mass is 9.75. The lowest BCUT2D eigenvalue weighted by molar-refractivity contribution is -0.158. The van der Waals surface area contributed by atoms with Gasteiger partial charge in [-0.3, -0.25) is 9.59 Å². The zero-order valence-corrected chi connectivity index (χ0v) is 16.5. The van der Waals surface area contributed by atoms with Crippen molar-refractivity contribution in [1.29, 1.82) is 0 Å². The Morgan fingerprint density at radius 1 is 1.26 bits per heavy atom. The molecule has 0 unspecified atom stereocenters. The van der Waals surface area contributed by atoms with E-state index in [2.05, 4.69) is 0 Å². The van der Waals surface area contributed by atoms with Crippen LogP contribution in [0.15, 0.2) is 35.7 Å². The van der Waals surface area contributed by atoms with E-state index in [1.54, 1.807) is 24.0 Å². The Labute approximate surface area is 162 Å². The fraction of sp³-hybridized carbons (Fsp3) is 0.429. The fourth-order valence-electron chi connectivity index (χ4n) is 3.70. The van der Waals surface area contributed by atoms with Gasteiger partial charge in [0.2, 0.25) is 0 Å². The number of carbonyl (C=O) groups is 2. The second-order valence-electron chi connectivity index (χ2n) is 7.07. The molecule has 2 aromatic rings. The van der Waals surface area contributed by atoms with Gasteiger partial charge in [0.25, 0.3) is 5.91 Å². The Kier molecular flexibility index (Phi) is 5.95. The molecular weight excluding hydrogens is 365 g/mol. The van der Waals surface area contributed by atoms with E-state index >= 15 is 0 Å². The molecule has 1 atom stereocenters. The Bertz CT molecular complexity index is 817. The van der Waals surface area contributed by atoms with Crippen LogP contribution >= 0.6 is 11.3 Å². The number of amides is 1. The van der Waals surface area contributed by atoms with E-state index in [-0.39, 0.29) is 17.7 Å². The van der Waals surface area contributed by atoms with Gasteiger partial charge in [0, 0.05) is 13.1 Å². The molecule has 1 fully saturated rings. The quantitative estimate of drug-likeness (QED) is 0.719. The number of benzene rings is 1. The molecular formula is C21H24FNO3S. The van der Waals surface area contributed by atoms with Crippen molar-refractivity contribution < 1.29 is 18.7 Å². The average Bonchev–Trinajstić information content (AvgIpc) is 3.09. The maximum atomic E-state index is 13.3. The number of ether oxygens (including phenoxy) is 1. The fourth-order valence-corrected chi connectivity index (χ4v) is 4.59. The van der Waals surface area contributed by atoms with Gasteiger partial charge in [-0.1, -0.05) is 12.1 Å². The van der Waals surface area contributed by atoms with Crippen molar-refractivity contribution in [3.05, 3.63) is 57.5 Å². The number of rotatable bonds is 5. The van der Waals surface area contributed by atoms with Gasteiger partial charge in [-0.2, -0.15) is 0 Å². The van der Waals surface area contributed by atoms with Crippen LogP contribution in [0.1, 0.15) is 40.6 Å². The van der Waals surface area contributed by atoms with E-state index in [4.69, 9.17) is 4.74 Å². The van der Waals surface area contributed by atoms with Gasteiger partial charge < -0.3 is 9.64 Å². The molecule has 0 N–H and O–H groups in total. The monoisotopic (exact) mass is 389 g/mol.